The highest BCUT2D eigenvalue weighted by molar-refractivity contribution is 6.38. The minimum Gasteiger partial charge on any atom is -0.462 e. The number of hydrogen-bond acceptors (Lipinski definition) is 5. The fourth-order valence-corrected chi connectivity index (χ4v) is 3.05. The Kier molecular flexibility index (Phi) is 4.28. The molecule has 0 saturated carbocycles. The molecule has 126 valence electrons. The third-order valence-corrected chi connectivity index (χ3v) is 4.17. The molecular weight excluding hydrogens is 330 g/mol. The number of pyridine rings is 1. The highest BCUT2D eigenvalue weighted by Crippen LogP contribution is 2.29. The Hall–Kier alpha value is -2.41. The summed E-state index contributed by atoms with van der Waals surface area (Å²) >= 11 is 6.42. The van der Waals surface area contributed by atoms with Crippen LogP contribution in [0.2, 0.25) is 5.02 Å². The zero-order chi connectivity index (χ0) is 17.4. The average molecular weight is 348 g/mol. The van der Waals surface area contributed by atoms with Gasteiger partial charge in [0, 0.05) is 13.2 Å². The number of fused-ring (bicyclic) bond motifs is 1. The first-order valence-electron chi connectivity index (χ1n) is 7.60. The van der Waals surface area contributed by atoms with Gasteiger partial charge in [0.05, 0.1) is 46.2 Å². The van der Waals surface area contributed by atoms with E-state index in [-0.39, 0.29) is 12.2 Å². The van der Waals surface area contributed by atoms with Gasteiger partial charge in [-0.15, -0.1) is 0 Å². The predicted octanol–water partition coefficient (Wildman–Crippen LogP) is 2.66. The number of carbonyl (C=O) groups excluding carboxylic acids is 1. The molecule has 0 bridgehead atoms. The summed E-state index contributed by atoms with van der Waals surface area (Å²) in [6.07, 6.45) is 1.44. The second-order valence-corrected chi connectivity index (χ2v) is 5.93. The minimum absolute atomic E-state index is 0.255. The Balaban J connectivity index is 2.07. The lowest BCUT2D eigenvalue weighted by atomic mass is 10.2. The van der Waals surface area contributed by atoms with Crippen molar-refractivity contribution in [3.63, 3.8) is 0 Å². The van der Waals surface area contributed by atoms with Crippen LogP contribution in [0.3, 0.4) is 0 Å². The Morgan fingerprint density at radius 2 is 2.08 bits per heavy atom. The Morgan fingerprint density at radius 1 is 1.33 bits per heavy atom. The zero-order valence-electron chi connectivity index (χ0n) is 14.0. The molecular formula is C16H18ClN5O2. The number of ether oxygens (including phenoxy) is 1. The summed E-state index contributed by atoms with van der Waals surface area (Å²) in [7, 11) is 1.89. The van der Waals surface area contributed by atoms with Crippen LogP contribution in [0.25, 0.3) is 11.0 Å². The van der Waals surface area contributed by atoms with Crippen molar-refractivity contribution in [2.75, 3.05) is 6.61 Å². The van der Waals surface area contributed by atoms with E-state index in [0.717, 1.165) is 11.4 Å². The van der Waals surface area contributed by atoms with Crippen molar-refractivity contribution >= 4 is 28.6 Å². The number of nitrogens with zero attached hydrogens (tertiary/aromatic N) is 5. The summed E-state index contributed by atoms with van der Waals surface area (Å²) < 4.78 is 8.59. The Bertz CT molecular complexity index is 928. The van der Waals surface area contributed by atoms with Crippen molar-refractivity contribution in [3.05, 3.63) is 39.9 Å². The van der Waals surface area contributed by atoms with Crippen LogP contribution in [0.5, 0.6) is 0 Å². The Morgan fingerprint density at radius 3 is 2.71 bits per heavy atom. The van der Waals surface area contributed by atoms with Gasteiger partial charge < -0.3 is 4.74 Å². The molecule has 0 aliphatic carbocycles. The molecule has 0 fully saturated rings. The van der Waals surface area contributed by atoms with Gasteiger partial charge in [-0.2, -0.15) is 10.2 Å². The minimum atomic E-state index is -0.480. The molecule has 3 aromatic rings. The second-order valence-electron chi connectivity index (χ2n) is 5.55. The van der Waals surface area contributed by atoms with E-state index in [2.05, 4.69) is 15.2 Å². The van der Waals surface area contributed by atoms with Crippen molar-refractivity contribution in [2.45, 2.75) is 27.3 Å². The summed E-state index contributed by atoms with van der Waals surface area (Å²) in [5.41, 5.74) is 3.54. The maximum absolute atomic E-state index is 12.0. The van der Waals surface area contributed by atoms with Crippen molar-refractivity contribution in [1.82, 2.24) is 24.5 Å². The predicted molar refractivity (Wildman–Crippen MR) is 90.3 cm³/mol. The molecule has 3 rings (SSSR count). The molecule has 24 heavy (non-hydrogen) atoms. The van der Waals surface area contributed by atoms with Gasteiger partial charge in [-0.3, -0.25) is 4.68 Å². The summed E-state index contributed by atoms with van der Waals surface area (Å²) in [6, 6.07) is 2.00. The molecule has 0 spiro atoms. The zero-order valence-corrected chi connectivity index (χ0v) is 14.8. The first-order valence-corrected chi connectivity index (χ1v) is 7.98. The van der Waals surface area contributed by atoms with Crippen LogP contribution in [-0.2, 0) is 18.3 Å². The van der Waals surface area contributed by atoms with E-state index in [4.69, 9.17) is 16.3 Å². The molecule has 3 heterocycles. The molecule has 0 atom stereocenters. The van der Waals surface area contributed by atoms with Crippen molar-refractivity contribution in [3.8, 4) is 0 Å². The van der Waals surface area contributed by atoms with E-state index >= 15 is 0 Å². The fourth-order valence-electron chi connectivity index (χ4n) is 2.70. The fraction of sp³-hybridized carbons (Fsp3) is 0.375. The highest BCUT2D eigenvalue weighted by atomic mass is 35.5. The summed E-state index contributed by atoms with van der Waals surface area (Å²) in [5.74, 6) is -0.480. The molecule has 3 aromatic heterocycles. The number of carbonyl (C=O) groups is 1. The molecule has 0 radical (unpaired) electrons. The molecule has 8 heteroatoms. The van der Waals surface area contributed by atoms with E-state index in [0.29, 0.717) is 28.3 Å². The van der Waals surface area contributed by atoms with Gasteiger partial charge in [0.15, 0.2) is 5.65 Å². The molecule has 0 aliphatic heterocycles. The van der Waals surface area contributed by atoms with Gasteiger partial charge in [0.1, 0.15) is 0 Å². The number of hydrogen-bond donors (Lipinski definition) is 0. The third-order valence-electron chi connectivity index (χ3n) is 3.78. The van der Waals surface area contributed by atoms with E-state index in [1.54, 1.807) is 11.6 Å². The summed E-state index contributed by atoms with van der Waals surface area (Å²) in [5, 5.41) is 9.85. The molecule has 0 saturated heterocycles. The van der Waals surface area contributed by atoms with E-state index < -0.39 is 5.97 Å². The van der Waals surface area contributed by atoms with Crippen LogP contribution in [0.4, 0.5) is 0 Å². The van der Waals surface area contributed by atoms with Gasteiger partial charge in [0.2, 0.25) is 0 Å². The molecule has 0 unspecified atom stereocenters. The third kappa shape index (κ3) is 2.75. The lowest BCUT2D eigenvalue weighted by Crippen LogP contribution is -2.09. The quantitative estimate of drug-likeness (QED) is 0.678. The first-order chi connectivity index (χ1) is 11.4. The van der Waals surface area contributed by atoms with E-state index in [1.165, 1.54) is 6.20 Å². The van der Waals surface area contributed by atoms with Crippen molar-refractivity contribution in [2.24, 2.45) is 7.05 Å². The van der Waals surface area contributed by atoms with Crippen LogP contribution >= 0.6 is 11.6 Å². The standard InChI is InChI=1S/C16H18ClN5O2/c1-5-24-16(23)12-7-18-15-13(14(12)17)10(3)20-22(15)8-11-6-9(2)19-21(11)4/h6-7H,5,8H2,1-4H3. The van der Waals surface area contributed by atoms with Crippen LogP contribution in [0.15, 0.2) is 12.3 Å². The van der Waals surface area contributed by atoms with E-state index in [9.17, 15) is 4.79 Å². The normalized spacial score (nSPS) is 11.2. The van der Waals surface area contributed by atoms with Gasteiger partial charge in [-0.25, -0.2) is 14.5 Å². The second kappa shape index (κ2) is 6.24. The summed E-state index contributed by atoms with van der Waals surface area (Å²) in [4.78, 5) is 16.4. The van der Waals surface area contributed by atoms with Crippen molar-refractivity contribution in [1.29, 1.82) is 0 Å². The van der Waals surface area contributed by atoms with E-state index in [1.807, 2.05) is 31.6 Å². The monoisotopic (exact) mass is 347 g/mol. The van der Waals surface area contributed by atoms with Crippen LogP contribution in [0.1, 0.15) is 34.4 Å². The maximum Gasteiger partial charge on any atom is 0.341 e. The molecule has 0 aliphatic rings. The largest absolute Gasteiger partial charge is 0.462 e. The Labute approximate surface area is 144 Å². The van der Waals surface area contributed by atoms with Crippen LogP contribution in [-0.4, -0.2) is 37.1 Å². The van der Waals surface area contributed by atoms with Gasteiger partial charge in [-0.05, 0) is 26.8 Å². The molecule has 0 N–H and O–H groups in total. The van der Waals surface area contributed by atoms with Crippen LogP contribution < -0.4 is 0 Å². The maximum atomic E-state index is 12.0. The number of aromatic nitrogens is 5. The summed E-state index contributed by atoms with van der Waals surface area (Å²) in [6.45, 7) is 6.33. The molecule has 0 aromatic carbocycles. The van der Waals surface area contributed by atoms with Crippen LogP contribution in [0, 0.1) is 13.8 Å². The van der Waals surface area contributed by atoms with Gasteiger partial charge in [-0.1, -0.05) is 11.6 Å². The van der Waals surface area contributed by atoms with Gasteiger partial charge >= 0.3 is 5.97 Å². The topological polar surface area (TPSA) is 74.8 Å². The number of esters is 1. The SMILES string of the molecule is CCOC(=O)c1cnc2c(c(C)nn2Cc2cc(C)nn2C)c1Cl. The molecule has 7 nitrogen and oxygen atoms in total. The highest BCUT2D eigenvalue weighted by Gasteiger charge is 2.20. The number of aryl methyl sites for hydroxylation is 3. The smallest absolute Gasteiger partial charge is 0.341 e. The first kappa shape index (κ1) is 16.4. The lowest BCUT2D eigenvalue weighted by Gasteiger charge is -2.06. The molecule has 0 amide bonds. The van der Waals surface area contributed by atoms with Crippen molar-refractivity contribution < 1.29 is 9.53 Å². The average Bonchev–Trinajstić information content (AvgIpc) is 3.00. The number of halogens is 1. The van der Waals surface area contributed by atoms with Gasteiger partial charge in [0.25, 0.3) is 0 Å². The number of rotatable bonds is 4. The lowest BCUT2D eigenvalue weighted by molar-refractivity contribution is 0.0526.